The van der Waals surface area contributed by atoms with Crippen LogP contribution in [-0.4, -0.2) is 11.8 Å². The lowest BCUT2D eigenvalue weighted by atomic mass is 10.0. The smallest absolute Gasteiger partial charge is 0.269 e. The molecule has 120 valence electrons. The van der Waals surface area contributed by atoms with Gasteiger partial charge in [-0.05, 0) is 54.7 Å². The fourth-order valence-electron chi connectivity index (χ4n) is 2.23. The lowest BCUT2D eigenvalue weighted by Crippen LogP contribution is -2.42. The van der Waals surface area contributed by atoms with Crippen molar-refractivity contribution in [3.63, 3.8) is 0 Å². The molecule has 0 heterocycles. The third kappa shape index (κ3) is 4.68. The van der Waals surface area contributed by atoms with E-state index < -0.39 is 0 Å². The average molecular weight is 310 g/mol. The molecule has 4 heteroatoms. The van der Waals surface area contributed by atoms with Crippen LogP contribution in [0.1, 0.15) is 39.5 Å². The van der Waals surface area contributed by atoms with Crippen molar-refractivity contribution < 1.29 is 9.59 Å². The topological polar surface area (TPSA) is 58.2 Å². The van der Waals surface area contributed by atoms with Gasteiger partial charge in [-0.2, -0.15) is 0 Å². The quantitative estimate of drug-likeness (QED) is 0.853. The van der Waals surface area contributed by atoms with Crippen LogP contribution < -0.4 is 10.9 Å². The molecule has 2 rings (SSSR count). The number of hydrogen-bond donors (Lipinski definition) is 2. The van der Waals surface area contributed by atoms with Crippen LogP contribution >= 0.6 is 0 Å². The molecule has 0 bridgehead atoms. The van der Waals surface area contributed by atoms with Gasteiger partial charge in [0, 0.05) is 5.56 Å². The van der Waals surface area contributed by atoms with Crippen LogP contribution in [0.4, 0.5) is 0 Å². The Balaban J connectivity index is 1.87. The third-order valence-electron chi connectivity index (χ3n) is 3.88. The summed E-state index contributed by atoms with van der Waals surface area (Å²) in [4.78, 5) is 23.9. The maximum atomic E-state index is 12.0. The van der Waals surface area contributed by atoms with Crippen LogP contribution in [0.5, 0.6) is 0 Å². The van der Waals surface area contributed by atoms with Gasteiger partial charge in [0.2, 0.25) is 5.91 Å². The molecule has 2 amide bonds. The number of nitrogens with one attached hydrogen (secondary N) is 2. The van der Waals surface area contributed by atoms with Gasteiger partial charge in [-0.1, -0.05) is 37.3 Å². The standard InChI is InChI=1S/C19H22N2O2/c1-4-15-7-9-17(10-8-15)19(23)21-20-18(22)12-16-6-5-13(2)14(3)11-16/h5-11H,4,12H2,1-3H3,(H,20,22)(H,21,23). The van der Waals surface area contributed by atoms with Crippen LogP contribution in [0.25, 0.3) is 0 Å². The molecule has 0 fully saturated rings. The van der Waals surface area contributed by atoms with E-state index in [2.05, 4.69) is 17.8 Å². The molecule has 2 aromatic carbocycles. The van der Waals surface area contributed by atoms with E-state index in [0.29, 0.717) is 5.56 Å². The van der Waals surface area contributed by atoms with E-state index in [1.54, 1.807) is 12.1 Å². The number of benzene rings is 2. The highest BCUT2D eigenvalue weighted by Crippen LogP contribution is 2.10. The number of amides is 2. The van der Waals surface area contributed by atoms with Gasteiger partial charge in [0.15, 0.2) is 0 Å². The first-order valence-electron chi connectivity index (χ1n) is 7.74. The Hall–Kier alpha value is -2.62. The molecule has 0 saturated heterocycles. The number of rotatable bonds is 4. The Morgan fingerprint density at radius 2 is 1.52 bits per heavy atom. The van der Waals surface area contributed by atoms with Crippen molar-refractivity contribution in [3.8, 4) is 0 Å². The van der Waals surface area contributed by atoms with E-state index in [0.717, 1.165) is 17.5 Å². The van der Waals surface area contributed by atoms with Crippen molar-refractivity contribution in [2.24, 2.45) is 0 Å². The summed E-state index contributed by atoms with van der Waals surface area (Å²) in [5, 5.41) is 0. The van der Waals surface area contributed by atoms with Crippen molar-refractivity contribution in [2.45, 2.75) is 33.6 Å². The molecule has 0 saturated carbocycles. The zero-order chi connectivity index (χ0) is 16.8. The second-order valence-electron chi connectivity index (χ2n) is 5.65. The Morgan fingerprint density at radius 3 is 2.13 bits per heavy atom. The number of aryl methyl sites for hydroxylation is 3. The molecule has 0 radical (unpaired) electrons. The highest BCUT2D eigenvalue weighted by atomic mass is 16.2. The number of carbonyl (C=O) groups is 2. The van der Waals surface area contributed by atoms with E-state index in [1.807, 2.05) is 44.2 Å². The summed E-state index contributed by atoms with van der Waals surface area (Å²) in [6.45, 7) is 6.10. The molecule has 0 spiro atoms. The minimum Gasteiger partial charge on any atom is -0.273 e. The summed E-state index contributed by atoms with van der Waals surface area (Å²) >= 11 is 0. The molecule has 23 heavy (non-hydrogen) atoms. The summed E-state index contributed by atoms with van der Waals surface area (Å²) < 4.78 is 0. The Kier molecular flexibility index (Phi) is 5.52. The molecule has 0 aliphatic carbocycles. The van der Waals surface area contributed by atoms with Crippen molar-refractivity contribution in [1.82, 2.24) is 10.9 Å². The molecule has 0 atom stereocenters. The second kappa shape index (κ2) is 7.58. The van der Waals surface area contributed by atoms with Crippen LogP contribution in [0.2, 0.25) is 0 Å². The van der Waals surface area contributed by atoms with E-state index in [4.69, 9.17) is 0 Å². The lowest BCUT2D eigenvalue weighted by molar-refractivity contribution is -0.121. The van der Waals surface area contributed by atoms with E-state index in [1.165, 1.54) is 11.1 Å². The van der Waals surface area contributed by atoms with Gasteiger partial charge in [-0.15, -0.1) is 0 Å². The van der Waals surface area contributed by atoms with Crippen LogP contribution in [-0.2, 0) is 17.6 Å². The highest BCUT2D eigenvalue weighted by Gasteiger charge is 2.08. The average Bonchev–Trinajstić information content (AvgIpc) is 2.56. The first-order valence-corrected chi connectivity index (χ1v) is 7.74. The Morgan fingerprint density at radius 1 is 0.870 bits per heavy atom. The van der Waals surface area contributed by atoms with Crippen LogP contribution in [0, 0.1) is 13.8 Å². The van der Waals surface area contributed by atoms with Gasteiger partial charge in [-0.3, -0.25) is 20.4 Å². The van der Waals surface area contributed by atoms with Crippen molar-refractivity contribution in [1.29, 1.82) is 0 Å². The monoisotopic (exact) mass is 310 g/mol. The largest absolute Gasteiger partial charge is 0.273 e. The van der Waals surface area contributed by atoms with Crippen LogP contribution in [0.15, 0.2) is 42.5 Å². The zero-order valence-corrected chi connectivity index (χ0v) is 13.8. The molecule has 0 unspecified atom stereocenters. The van der Waals surface area contributed by atoms with E-state index in [-0.39, 0.29) is 18.2 Å². The fraction of sp³-hybridized carbons (Fsp3) is 0.263. The summed E-state index contributed by atoms with van der Waals surface area (Å²) in [5.74, 6) is -0.562. The number of hydrazine groups is 1. The normalized spacial score (nSPS) is 10.2. The summed E-state index contributed by atoms with van der Waals surface area (Å²) in [5.41, 5.74) is 9.85. The van der Waals surface area contributed by atoms with Gasteiger partial charge in [-0.25, -0.2) is 0 Å². The Labute approximate surface area is 136 Å². The van der Waals surface area contributed by atoms with Gasteiger partial charge >= 0.3 is 0 Å². The summed E-state index contributed by atoms with van der Waals surface area (Å²) in [6.07, 6.45) is 1.16. The first-order chi connectivity index (χ1) is 11.0. The molecule has 0 aliphatic heterocycles. The van der Waals surface area contributed by atoms with E-state index >= 15 is 0 Å². The molecule has 0 aromatic heterocycles. The fourth-order valence-corrected chi connectivity index (χ4v) is 2.23. The minimum atomic E-state index is -0.318. The van der Waals surface area contributed by atoms with Crippen molar-refractivity contribution in [3.05, 3.63) is 70.3 Å². The molecular weight excluding hydrogens is 288 g/mol. The molecule has 2 N–H and O–H groups in total. The maximum absolute atomic E-state index is 12.0. The number of hydrogen-bond acceptors (Lipinski definition) is 2. The van der Waals surface area contributed by atoms with Gasteiger partial charge < -0.3 is 0 Å². The van der Waals surface area contributed by atoms with Crippen LogP contribution in [0.3, 0.4) is 0 Å². The van der Waals surface area contributed by atoms with Crippen molar-refractivity contribution >= 4 is 11.8 Å². The van der Waals surface area contributed by atoms with Crippen molar-refractivity contribution in [2.75, 3.05) is 0 Å². The Bertz CT molecular complexity index is 706. The zero-order valence-electron chi connectivity index (χ0n) is 13.8. The molecule has 2 aromatic rings. The van der Waals surface area contributed by atoms with Gasteiger partial charge in [0.1, 0.15) is 0 Å². The van der Waals surface area contributed by atoms with Gasteiger partial charge in [0.25, 0.3) is 5.91 Å². The summed E-state index contributed by atoms with van der Waals surface area (Å²) in [7, 11) is 0. The SMILES string of the molecule is CCc1ccc(C(=O)NNC(=O)Cc2ccc(C)c(C)c2)cc1. The van der Waals surface area contributed by atoms with E-state index in [9.17, 15) is 9.59 Å². The molecule has 4 nitrogen and oxygen atoms in total. The second-order valence-corrected chi connectivity index (χ2v) is 5.65. The van der Waals surface area contributed by atoms with Gasteiger partial charge in [0.05, 0.1) is 6.42 Å². The minimum absolute atomic E-state index is 0.232. The predicted molar refractivity (Wildman–Crippen MR) is 91.0 cm³/mol. The summed E-state index contributed by atoms with van der Waals surface area (Å²) in [6, 6.07) is 13.2. The first kappa shape index (κ1) is 16.7. The lowest BCUT2D eigenvalue weighted by Gasteiger charge is -2.09. The highest BCUT2D eigenvalue weighted by molar-refractivity contribution is 5.95. The third-order valence-corrected chi connectivity index (χ3v) is 3.88. The molecule has 0 aliphatic rings. The predicted octanol–water partition coefficient (Wildman–Crippen LogP) is 2.87. The maximum Gasteiger partial charge on any atom is 0.269 e. The number of carbonyl (C=O) groups excluding carboxylic acids is 2. The molecular formula is C19H22N2O2.